The minimum absolute atomic E-state index is 0.0900. The fraction of sp³-hybridized carbons (Fsp3) is 0.423. The molecule has 172 valence electrons. The van der Waals surface area contributed by atoms with Crippen molar-refractivity contribution in [3.8, 4) is 0 Å². The molecule has 4 atom stereocenters. The van der Waals surface area contributed by atoms with Crippen molar-refractivity contribution >= 4 is 28.8 Å². The first-order valence-corrected chi connectivity index (χ1v) is 11.7. The van der Waals surface area contributed by atoms with Crippen LogP contribution in [0.2, 0.25) is 0 Å². The number of fused-ring (bicyclic) bond motifs is 5. The number of rotatable bonds is 4. The Kier molecular flexibility index (Phi) is 5.89. The van der Waals surface area contributed by atoms with Crippen LogP contribution in [0.4, 0.5) is 0 Å². The van der Waals surface area contributed by atoms with Gasteiger partial charge >= 0.3 is 5.97 Å². The minimum Gasteiger partial charge on any atom is -0.469 e. The number of hydrogen-bond acceptors (Lipinski definition) is 5. The first kappa shape index (κ1) is 21.6. The van der Waals surface area contributed by atoms with Crippen LogP contribution in [0.25, 0.3) is 10.9 Å². The summed E-state index contributed by atoms with van der Waals surface area (Å²) < 4.78 is 5.34. The van der Waals surface area contributed by atoms with E-state index in [9.17, 15) is 4.79 Å². The quantitative estimate of drug-likeness (QED) is 0.361. The van der Waals surface area contributed by atoms with Gasteiger partial charge in [0.05, 0.1) is 36.3 Å². The smallest absolute Gasteiger partial charge is 0.310 e. The summed E-state index contributed by atoms with van der Waals surface area (Å²) in [7, 11) is 3.65. The second kappa shape index (κ2) is 8.98. The summed E-state index contributed by atoms with van der Waals surface area (Å²) in [5.41, 5.74) is 5.15. The first-order chi connectivity index (χ1) is 16.1. The molecule has 0 unspecified atom stereocenters. The normalized spacial score (nSPS) is 26.9. The second-order valence-corrected chi connectivity index (χ2v) is 9.24. The van der Waals surface area contributed by atoms with Crippen LogP contribution in [0.3, 0.4) is 0 Å². The number of likely N-dealkylation sites (tertiary alicyclic amines) is 1. The molecule has 2 aliphatic rings. The molecule has 7 heteroatoms. The summed E-state index contributed by atoms with van der Waals surface area (Å²) in [6.45, 7) is 3.18. The van der Waals surface area contributed by atoms with Gasteiger partial charge in [-0.25, -0.2) is 0 Å². The monoisotopic (exact) mass is 445 g/mol. The van der Waals surface area contributed by atoms with Crippen molar-refractivity contribution in [1.82, 2.24) is 14.9 Å². The predicted molar refractivity (Wildman–Crippen MR) is 131 cm³/mol. The number of ether oxygens (including phenoxy) is 1. The number of benzene rings is 1. The molecule has 0 saturated carbocycles. The van der Waals surface area contributed by atoms with Gasteiger partial charge in [-0.05, 0) is 55.5 Å². The maximum Gasteiger partial charge on any atom is 0.310 e. The van der Waals surface area contributed by atoms with Gasteiger partial charge in [-0.3, -0.25) is 4.79 Å². The average Bonchev–Trinajstić information content (AvgIpc) is 3.46. The highest BCUT2D eigenvalue weighted by Crippen LogP contribution is 2.42. The van der Waals surface area contributed by atoms with Gasteiger partial charge in [0.1, 0.15) is 0 Å². The van der Waals surface area contributed by atoms with Gasteiger partial charge in [-0.1, -0.05) is 31.5 Å². The van der Waals surface area contributed by atoms with Gasteiger partial charge < -0.3 is 19.6 Å². The molecule has 1 aliphatic heterocycles. The Balaban J connectivity index is 1.67. The number of hydrogen-bond donors (Lipinski definition) is 2. The van der Waals surface area contributed by atoms with Gasteiger partial charge in [0.25, 0.3) is 0 Å². The van der Waals surface area contributed by atoms with Crippen molar-refractivity contribution in [3.05, 3.63) is 59.5 Å². The highest BCUT2D eigenvalue weighted by molar-refractivity contribution is 6.06. The van der Waals surface area contributed by atoms with E-state index in [1.807, 2.05) is 24.4 Å². The van der Waals surface area contributed by atoms with Crippen LogP contribution < -0.4 is 0 Å². The van der Waals surface area contributed by atoms with Gasteiger partial charge in [0.15, 0.2) is 0 Å². The zero-order valence-electron chi connectivity index (χ0n) is 19.4. The van der Waals surface area contributed by atoms with Gasteiger partial charge in [0, 0.05) is 29.7 Å². The number of methoxy groups -OCH3 is 1. The minimum atomic E-state index is -0.196. The molecule has 1 aliphatic carbocycles. The van der Waals surface area contributed by atoms with Crippen LogP contribution in [0, 0.1) is 17.8 Å². The van der Waals surface area contributed by atoms with E-state index >= 15 is 0 Å². The molecule has 2 N–H and O–H groups in total. The fourth-order valence-electron chi connectivity index (χ4n) is 5.84. The zero-order chi connectivity index (χ0) is 22.9. The van der Waals surface area contributed by atoms with Crippen molar-refractivity contribution in [2.45, 2.75) is 32.2 Å². The van der Waals surface area contributed by atoms with E-state index in [-0.39, 0.29) is 23.8 Å². The van der Waals surface area contributed by atoms with E-state index in [2.05, 4.69) is 52.1 Å². The third-order valence-electron chi connectivity index (χ3n) is 7.51. The lowest BCUT2D eigenvalue weighted by Crippen LogP contribution is -2.56. The molecule has 2 aromatic heterocycles. The van der Waals surface area contributed by atoms with E-state index in [4.69, 9.17) is 9.84 Å². The van der Waals surface area contributed by atoms with Crippen molar-refractivity contribution in [1.29, 1.82) is 0 Å². The predicted octanol–water partition coefficient (Wildman–Crippen LogP) is 4.01. The fourth-order valence-corrected chi connectivity index (χ4v) is 5.84. The molecule has 3 aromatic rings. The summed E-state index contributed by atoms with van der Waals surface area (Å²) in [6, 6.07) is 12.3. The number of likely N-dealkylation sites (N-methyl/N-ethyl adjacent to an activating group) is 1. The highest BCUT2D eigenvalue weighted by Gasteiger charge is 2.48. The largest absolute Gasteiger partial charge is 0.469 e. The summed E-state index contributed by atoms with van der Waals surface area (Å²) >= 11 is 0. The number of aromatic nitrogens is 2. The number of H-pyrrole nitrogens is 2. The Labute approximate surface area is 193 Å². The molecule has 33 heavy (non-hydrogen) atoms. The summed E-state index contributed by atoms with van der Waals surface area (Å²) in [5.74, 6) is 0.229. The van der Waals surface area contributed by atoms with Crippen LogP contribution in [-0.2, 0) is 16.0 Å². The molecule has 1 fully saturated rings. The maximum absolute atomic E-state index is 13.1. The molecular formula is C26H31N5O2. The Morgan fingerprint density at radius 3 is 2.85 bits per heavy atom. The lowest BCUT2D eigenvalue weighted by atomic mass is 9.67. The summed E-state index contributed by atoms with van der Waals surface area (Å²) in [5, 5.41) is 10.3. The molecule has 0 spiro atoms. The molecule has 2 bridgehead atoms. The van der Waals surface area contributed by atoms with Crippen molar-refractivity contribution in [3.63, 3.8) is 0 Å². The molecule has 1 saturated heterocycles. The van der Waals surface area contributed by atoms with E-state index in [1.165, 1.54) is 18.1 Å². The number of esters is 1. The number of para-hydroxylation sites is 1. The van der Waals surface area contributed by atoms with Crippen molar-refractivity contribution in [2.24, 2.45) is 28.0 Å². The molecule has 1 aromatic carbocycles. The van der Waals surface area contributed by atoms with E-state index < -0.39 is 0 Å². The van der Waals surface area contributed by atoms with Crippen LogP contribution in [0.5, 0.6) is 0 Å². The second-order valence-electron chi connectivity index (χ2n) is 9.24. The van der Waals surface area contributed by atoms with Crippen LogP contribution in [0.15, 0.2) is 52.8 Å². The number of aromatic amines is 2. The third kappa shape index (κ3) is 3.91. The number of piperidine rings is 1. The van der Waals surface area contributed by atoms with Crippen molar-refractivity contribution < 1.29 is 9.53 Å². The Morgan fingerprint density at radius 2 is 2.09 bits per heavy atom. The topological polar surface area (TPSA) is 85.8 Å². The van der Waals surface area contributed by atoms with Crippen molar-refractivity contribution in [2.75, 3.05) is 20.7 Å². The Morgan fingerprint density at radius 1 is 1.24 bits per heavy atom. The van der Waals surface area contributed by atoms with Gasteiger partial charge in [-0.15, -0.1) is 0 Å². The highest BCUT2D eigenvalue weighted by atomic mass is 16.5. The zero-order valence-corrected chi connectivity index (χ0v) is 19.4. The summed E-state index contributed by atoms with van der Waals surface area (Å²) in [4.78, 5) is 22.2. The number of nitrogens with one attached hydrogen (secondary N) is 2. The molecule has 7 nitrogen and oxygen atoms in total. The van der Waals surface area contributed by atoms with Crippen LogP contribution in [0.1, 0.15) is 36.7 Å². The van der Waals surface area contributed by atoms with E-state index in [1.54, 1.807) is 6.21 Å². The first-order valence-electron chi connectivity index (χ1n) is 11.7. The number of carbonyl (C=O) groups excluding carboxylic acids is 1. The van der Waals surface area contributed by atoms with Crippen LogP contribution in [-0.4, -0.2) is 59.5 Å². The maximum atomic E-state index is 13.1. The summed E-state index contributed by atoms with van der Waals surface area (Å²) in [6.07, 6.45) is 6.06. The standard InChI is InChI=1S/C26H31N5O2/c1-4-16-15-31(2)23-13-20-18-9-5-6-10-21(18)29-25(20)22(12-19(16)24(23)26(32)33-3)30-28-14-17-8-7-11-27-17/h5-11,14,16,19,23-24,27,29H,4,12-13,15H2,1-3H3/b28-14-,30-22+/t16-,19-,23+,24-/m1/s1. The van der Waals surface area contributed by atoms with Crippen LogP contribution >= 0.6 is 0 Å². The number of carbonyl (C=O) groups is 1. The molecular weight excluding hydrogens is 414 g/mol. The average molecular weight is 446 g/mol. The lowest BCUT2D eigenvalue weighted by molar-refractivity contribution is -0.154. The molecule has 5 rings (SSSR count). The third-order valence-corrected chi connectivity index (χ3v) is 7.51. The van der Waals surface area contributed by atoms with Gasteiger partial charge in [0.2, 0.25) is 0 Å². The Bertz CT molecular complexity index is 1190. The Hall–Kier alpha value is -3.19. The number of nitrogens with zero attached hydrogens (tertiary/aromatic N) is 3. The van der Waals surface area contributed by atoms with Gasteiger partial charge in [-0.2, -0.15) is 10.2 Å². The lowest BCUT2D eigenvalue weighted by Gasteiger charge is -2.48. The molecule has 3 heterocycles. The van der Waals surface area contributed by atoms with E-state index in [0.29, 0.717) is 12.3 Å². The molecule has 0 amide bonds. The molecule has 0 radical (unpaired) electrons. The SMILES string of the molecule is CC[C@@H]1CN(C)[C@H]2Cc3c([nH]c4ccccc34)/C(=N/N=C\c3ccc[nH]3)C[C@H]1[C@H]2C(=O)OC. The van der Waals surface area contributed by atoms with E-state index in [0.717, 1.165) is 42.0 Å².